The smallest absolute Gasteiger partial charge is 0.323 e. The van der Waals surface area contributed by atoms with Crippen molar-refractivity contribution in [1.29, 1.82) is 0 Å². The molecule has 0 aliphatic carbocycles. The van der Waals surface area contributed by atoms with Gasteiger partial charge in [-0.25, -0.2) is 4.79 Å². The molecule has 0 saturated carbocycles. The number of carbonyl (C=O) groups is 1. The molecule has 0 saturated heterocycles. The van der Waals surface area contributed by atoms with Gasteiger partial charge in [0.2, 0.25) is 0 Å². The minimum atomic E-state index is -0.621. The Morgan fingerprint density at radius 2 is 1.54 bits per heavy atom. The number of aromatic hydroxyl groups is 1. The number of anilines is 2. The number of nitro groups is 1. The maximum atomic E-state index is 12.3. The van der Waals surface area contributed by atoms with Crippen molar-refractivity contribution in [1.82, 2.24) is 0 Å². The molecule has 0 atom stereocenters. The summed E-state index contributed by atoms with van der Waals surface area (Å²) in [5.74, 6) is -0.262. The quantitative estimate of drug-likeness (QED) is 0.363. The molecule has 0 aliphatic heterocycles. The van der Waals surface area contributed by atoms with Crippen LogP contribution in [0.15, 0.2) is 72.8 Å². The fraction of sp³-hybridized carbons (Fsp3) is 0. The lowest BCUT2D eigenvalue weighted by atomic mass is 10.0. The first-order chi connectivity index (χ1) is 12.5. The first-order valence-corrected chi connectivity index (χ1v) is 7.74. The number of nitro benzene ring substituents is 1. The molecule has 0 unspecified atom stereocenters. The van der Waals surface area contributed by atoms with E-state index in [1.807, 2.05) is 42.5 Å². The summed E-state index contributed by atoms with van der Waals surface area (Å²) in [6.07, 6.45) is 0. The molecule has 0 heterocycles. The molecule has 2 amide bonds. The van der Waals surface area contributed by atoms with E-state index in [0.717, 1.165) is 29.3 Å². The summed E-state index contributed by atoms with van der Waals surface area (Å²) in [5, 5.41) is 25.8. The van der Waals surface area contributed by atoms with Crippen molar-refractivity contribution < 1.29 is 14.8 Å². The van der Waals surface area contributed by atoms with Gasteiger partial charge in [-0.1, -0.05) is 48.5 Å². The third kappa shape index (κ3) is 3.78. The molecule has 0 aromatic heterocycles. The number of urea groups is 1. The van der Waals surface area contributed by atoms with Gasteiger partial charge in [0.25, 0.3) is 5.69 Å². The second-order valence-corrected chi connectivity index (χ2v) is 5.45. The molecular weight excluding hydrogens is 334 g/mol. The average Bonchev–Trinajstić information content (AvgIpc) is 2.64. The van der Waals surface area contributed by atoms with Gasteiger partial charge in [0, 0.05) is 17.7 Å². The van der Waals surface area contributed by atoms with E-state index in [4.69, 9.17) is 0 Å². The molecular formula is C19H15N3O4. The molecule has 130 valence electrons. The van der Waals surface area contributed by atoms with Crippen molar-refractivity contribution >= 4 is 23.1 Å². The van der Waals surface area contributed by atoms with Crippen LogP contribution in [0.1, 0.15) is 0 Å². The molecule has 0 radical (unpaired) electrons. The van der Waals surface area contributed by atoms with Crippen LogP contribution in [0.4, 0.5) is 21.9 Å². The monoisotopic (exact) mass is 349 g/mol. The molecule has 3 aromatic rings. The molecule has 0 aliphatic rings. The number of phenols is 1. The highest BCUT2D eigenvalue weighted by Gasteiger charge is 2.14. The maximum Gasteiger partial charge on any atom is 0.323 e. The van der Waals surface area contributed by atoms with Crippen LogP contribution in [-0.4, -0.2) is 16.1 Å². The zero-order valence-electron chi connectivity index (χ0n) is 13.5. The molecule has 0 fully saturated rings. The van der Waals surface area contributed by atoms with E-state index >= 15 is 0 Å². The van der Waals surface area contributed by atoms with Gasteiger partial charge in [-0.3, -0.25) is 10.1 Å². The van der Waals surface area contributed by atoms with Crippen molar-refractivity contribution in [2.24, 2.45) is 0 Å². The van der Waals surface area contributed by atoms with E-state index in [1.54, 1.807) is 12.1 Å². The number of rotatable bonds is 4. The lowest BCUT2D eigenvalue weighted by Gasteiger charge is -2.12. The maximum absolute atomic E-state index is 12.3. The van der Waals surface area contributed by atoms with E-state index in [1.165, 1.54) is 0 Å². The molecule has 7 heteroatoms. The summed E-state index contributed by atoms with van der Waals surface area (Å²) >= 11 is 0. The van der Waals surface area contributed by atoms with E-state index in [0.29, 0.717) is 5.69 Å². The number of benzene rings is 3. The van der Waals surface area contributed by atoms with Gasteiger partial charge in [-0.05, 0) is 17.7 Å². The molecule has 0 bridgehead atoms. The number of nitrogens with zero attached hydrogens (tertiary/aromatic N) is 1. The number of nitrogens with one attached hydrogen (secondary N) is 2. The Balaban J connectivity index is 1.82. The molecule has 26 heavy (non-hydrogen) atoms. The number of phenolic OH excluding ortho intramolecular Hbond substituents is 1. The van der Waals surface area contributed by atoms with Gasteiger partial charge >= 0.3 is 6.03 Å². The number of para-hydroxylation sites is 1. The fourth-order valence-electron chi connectivity index (χ4n) is 2.48. The number of hydrogen-bond acceptors (Lipinski definition) is 4. The van der Waals surface area contributed by atoms with Crippen LogP contribution in [0.3, 0.4) is 0 Å². The Hall–Kier alpha value is -3.87. The predicted octanol–water partition coefficient (Wildman–Crippen LogP) is 4.61. The molecule has 3 N–H and O–H groups in total. The van der Waals surface area contributed by atoms with E-state index in [2.05, 4.69) is 10.6 Å². The van der Waals surface area contributed by atoms with Gasteiger partial charge < -0.3 is 15.7 Å². The van der Waals surface area contributed by atoms with Gasteiger partial charge in [0.1, 0.15) is 5.75 Å². The zero-order chi connectivity index (χ0) is 18.5. The van der Waals surface area contributed by atoms with E-state index in [9.17, 15) is 20.0 Å². The largest absolute Gasteiger partial charge is 0.506 e. The lowest BCUT2D eigenvalue weighted by molar-refractivity contribution is -0.384. The zero-order valence-corrected chi connectivity index (χ0v) is 13.5. The SMILES string of the molecule is O=C(Nc1cc([N+](=O)[O-])ccc1O)Nc1ccccc1-c1ccccc1. The highest BCUT2D eigenvalue weighted by atomic mass is 16.6. The molecule has 0 spiro atoms. The minimum absolute atomic E-state index is 0.0473. The van der Waals surface area contributed by atoms with E-state index in [-0.39, 0.29) is 17.1 Å². The Morgan fingerprint density at radius 3 is 2.27 bits per heavy atom. The van der Waals surface area contributed by atoms with Crippen molar-refractivity contribution in [3.05, 3.63) is 82.9 Å². The summed E-state index contributed by atoms with van der Waals surface area (Å²) in [5.41, 5.74) is 2.05. The van der Waals surface area contributed by atoms with Gasteiger partial charge in [0.15, 0.2) is 0 Å². The molecule has 3 rings (SSSR count). The minimum Gasteiger partial charge on any atom is -0.506 e. The van der Waals surface area contributed by atoms with Gasteiger partial charge in [-0.2, -0.15) is 0 Å². The Morgan fingerprint density at radius 1 is 0.885 bits per heavy atom. The lowest BCUT2D eigenvalue weighted by Crippen LogP contribution is -2.20. The summed E-state index contributed by atoms with van der Waals surface area (Å²) in [6.45, 7) is 0. The Labute approximate surface area is 149 Å². The van der Waals surface area contributed by atoms with Crippen LogP contribution in [0.5, 0.6) is 5.75 Å². The second-order valence-electron chi connectivity index (χ2n) is 5.45. The predicted molar refractivity (Wildman–Crippen MR) is 99.3 cm³/mol. The average molecular weight is 349 g/mol. The summed E-state index contributed by atoms with van der Waals surface area (Å²) in [4.78, 5) is 22.5. The normalized spacial score (nSPS) is 10.2. The fourth-order valence-corrected chi connectivity index (χ4v) is 2.48. The number of amides is 2. The van der Waals surface area contributed by atoms with Crippen LogP contribution < -0.4 is 10.6 Å². The standard InChI is InChI=1S/C19H15N3O4/c23-18-11-10-14(22(25)26)12-17(18)21-19(24)20-16-9-5-4-8-15(16)13-6-2-1-3-7-13/h1-12,23H,(H2,20,21,24). The van der Waals surface area contributed by atoms with E-state index < -0.39 is 11.0 Å². The van der Waals surface area contributed by atoms with Gasteiger partial charge in [0.05, 0.1) is 16.3 Å². The number of carbonyl (C=O) groups excluding carboxylic acids is 1. The Bertz CT molecular complexity index is 958. The van der Waals surface area contributed by atoms with Crippen molar-refractivity contribution in [3.8, 4) is 16.9 Å². The van der Waals surface area contributed by atoms with Crippen molar-refractivity contribution in [2.75, 3.05) is 10.6 Å². The molecule has 3 aromatic carbocycles. The van der Waals surface area contributed by atoms with Gasteiger partial charge in [-0.15, -0.1) is 0 Å². The highest BCUT2D eigenvalue weighted by molar-refractivity contribution is 6.03. The topological polar surface area (TPSA) is 104 Å². The van der Waals surface area contributed by atoms with Crippen molar-refractivity contribution in [3.63, 3.8) is 0 Å². The molecule has 7 nitrogen and oxygen atoms in total. The van der Waals surface area contributed by atoms with Crippen LogP contribution in [0.2, 0.25) is 0 Å². The summed E-state index contributed by atoms with van der Waals surface area (Å²) in [6, 6.07) is 19.6. The second kappa shape index (κ2) is 7.35. The third-order valence-electron chi connectivity index (χ3n) is 3.70. The van der Waals surface area contributed by atoms with Crippen LogP contribution in [0.25, 0.3) is 11.1 Å². The summed E-state index contributed by atoms with van der Waals surface area (Å²) < 4.78 is 0. The first kappa shape index (κ1) is 17.0. The van der Waals surface area contributed by atoms with Crippen LogP contribution in [0, 0.1) is 10.1 Å². The Kier molecular flexibility index (Phi) is 4.80. The number of non-ortho nitro benzene ring substituents is 1. The van der Waals surface area contributed by atoms with Crippen LogP contribution >= 0.6 is 0 Å². The third-order valence-corrected chi connectivity index (χ3v) is 3.70. The van der Waals surface area contributed by atoms with Crippen molar-refractivity contribution in [2.45, 2.75) is 0 Å². The number of hydrogen-bond donors (Lipinski definition) is 3. The van der Waals surface area contributed by atoms with Crippen LogP contribution in [-0.2, 0) is 0 Å². The first-order valence-electron chi connectivity index (χ1n) is 7.74. The summed E-state index contributed by atoms with van der Waals surface area (Å²) in [7, 11) is 0. The highest BCUT2D eigenvalue weighted by Crippen LogP contribution is 2.30.